The second kappa shape index (κ2) is 5.74. The SMILES string of the molecule is Cc1c(C(=O)N[C@H](C(=O)O)C2CCC2)ccc2c1B(O)OC2. The van der Waals surface area contributed by atoms with Crippen LogP contribution < -0.4 is 10.8 Å². The maximum Gasteiger partial charge on any atom is 0.492 e. The smallest absolute Gasteiger partial charge is 0.480 e. The van der Waals surface area contributed by atoms with Crippen LogP contribution in [0.5, 0.6) is 0 Å². The van der Waals surface area contributed by atoms with Crippen molar-refractivity contribution < 1.29 is 24.4 Å². The molecule has 116 valence electrons. The van der Waals surface area contributed by atoms with Gasteiger partial charge in [0.25, 0.3) is 5.91 Å². The lowest BCUT2D eigenvalue weighted by atomic mass is 9.75. The molecule has 1 aromatic rings. The van der Waals surface area contributed by atoms with Gasteiger partial charge in [-0.15, -0.1) is 0 Å². The van der Waals surface area contributed by atoms with Crippen molar-refractivity contribution >= 4 is 24.5 Å². The fourth-order valence-corrected chi connectivity index (χ4v) is 3.13. The summed E-state index contributed by atoms with van der Waals surface area (Å²) in [6, 6.07) is 2.55. The number of fused-ring (bicyclic) bond motifs is 1. The second-order valence-electron chi connectivity index (χ2n) is 5.95. The molecule has 3 rings (SSSR count). The number of carbonyl (C=O) groups is 2. The average Bonchev–Trinajstić information content (AvgIpc) is 2.78. The summed E-state index contributed by atoms with van der Waals surface area (Å²) in [6.45, 7) is 2.06. The zero-order valence-corrected chi connectivity index (χ0v) is 12.3. The third-order valence-corrected chi connectivity index (χ3v) is 4.67. The van der Waals surface area contributed by atoms with Crippen molar-refractivity contribution in [3.63, 3.8) is 0 Å². The molecular formula is C15H18BNO5. The van der Waals surface area contributed by atoms with Crippen LogP contribution in [0.4, 0.5) is 0 Å². The van der Waals surface area contributed by atoms with Gasteiger partial charge < -0.3 is 20.1 Å². The molecule has 1 fully saturated rings. The number of carboxylic acids is 1. The highest BCUT2D eigenvalue weighted by Crippen LogP contribution is 2.30. The van der Waals surface area contributed by atoms with E-state index in [0.717, 1.165) is 24.8 Å². The molecule has 1 heterocycles. The Labute approximate surface area is 128 Å². The first-order valence-electron chi connectivity index (χ1n) is 7.44. The minimum atomic E-state index is -1.02. The molecule has 6 nitrogen and oxygen atoms in total. The average molecular weight is 303 g/mol. The molecule has 7 heteroatoms. The Hall–Kier alpha value is -1.86. The van der Waals surface area contributed by atoms with E-state index in [1.54, 1.807) is 19.1 Å². The minimum absolute atomic E-state index is 0.00473. The Balaban J connectivity index is 1.83. The molecule has 0 radical (unpaired) electrons. The highest BCUT2D eigenvalue weighted by atomic mass is 16.5. The Morgan fingerprint density at radius 2 is 2.14 bits per heavy atom. The lowest BCUT2D eigenvalue weighted by Gasteiger charge is -2.31. The van der Waals surface area contributed by atoms with Crippen LogP contribution in [0.25, 0.3) is 0 Å². The molecule has 22 heavy (non-hydrogen) atoms. The summed E-state index contributed by atoms with van der Waals surface area (Å²) in [7, 11) is -1.02. The summed E-state index contributed by atoms with van der Waals surface area (Å²) >= 11 is 0. The van der Waals surface area contributed by atoms with Gasteiger partial charge in [0, 0.05) is 5.56 Å². The molecule has 3 N–H and O–H groups in total. The first kappa shape index (κ1) is 15.1. The van der Waals surface area contributed by atoms with E-state index in [1.165, 1.54) is 0 Å². The van der Waals surface area contributed by atoms with Crippen LogP contribution in [0, 0.1) is 12.8 Å². The monoisotopic (exact) mass is 303 g/mol. The van der Waals surface area contributed by atoms with Gasteiger partial charge in [-0.1, -0.05) is 12.5 Å². The molecule has 0 saturated heterocycles. The molecular weight excluding hydrogens is 285 g/mol. The first-order chi connectivity index (χ1) is 10.5. The summed E-state index contributed by atoms with van der Waals surface area (Å²) in [6.07, 6.45) is 2.66. The highest BCUT2D eigenvalue weighted by Gasteiger charge is 2.35. The van der Waals surface area contributed by atoms with E-state index in [4.69, 9.17) is 4.65 Å². The van der Waals surface area contributed by atoms with Gasteiger partial charge in [0.2, 0.25) is 0 Å². The first-order valence-corrected chi connectivity index (χ1v) is 7.44. The molecule has 1 amide bonds. The predicted molar refractivity (Wildman–Crippen MR) is 79.8 cm³/mol. The maximum atomic E-state index is 12.4. The third-order valence-electron chi connectivity index (χ3n) is 4.67. The van der Waals surface area contributed by atoms with E-state index < -0.39 is 25.0 Å². The van der Waals surface area contributed by atoms with Crippen molar-refractivity contribution in [1.29, 1.82) is 0 Å². The van der Waals surface area contributed by atoms with Gasteiger partial charge in [-0.05, 0) is 48.3 Å². The Bertz CT molecular complexity index is 629. The standard InChI is InChI=1S/C15H18BNO5/c1-8-11(6-5-10-7-22-16(21)12(8)10)14(18)17-13(15(19)20)9-3-2-4-9/h5-6,9,13,21H,2-4,7H2,1H3,(H,17,18)(H,19,20)/t13-/m0/s1. The topological polar surface area (TPSA) is 95.9 Å². The zero-order valence-electron chi connectivity index (χ0n) is 12.3. The van der Waals surface area contributed by atoms with Gasteiger partial charge >= 0.3 is 13.1 Å². The number of amides is 1. The summed E-state index contributed by atoms with van der Waals surface area (Å²) in [5, 5.41) is 21.7. The van der Waals surface area contributed by atoms with E-state index in [1.807, 2.05) is 0 Å². The van der Waals surface area contributed by atoms with E-state index in [9.17, 15) is 19.7 Å². The number of carboxylic acid groups (broad SMARTS) is 1. The summed E-state index contributed by atoms with van der Waals surface area (Å²) in [5.74, 6) is -1.41. The quantitative estimate of drug-likeness (QED) is 0.690. The molecule has 1 aliphatic heterocycles. The van der Waals surface area contributed by atoms with Crippen LogP contribution in [0.2, 0.25) is 0 Å². The molecule has 0 bridgehead atoms. The molecule has 1 atom stereocenters. The van der Waals surface area contributed by atoms with Gasteiger partial charge in [0.1, 0.15) is 6.04 Å². The van der Waals surface area contributed by atoms with Crippen molar-refractivity contribution in [2.24, 2.45) is 5.92 Å². The molecule has 1 saturated carbocycles. The van der Waals surface area contributed by atoms with Crippen LogP contribution in [0.1, 0.15) is 40.7 Å². The van der Waals surface area contributed by atoms with Crippen LogP contribution in [-0.4, -0.2) is 35.2 Å². The van der Waals surface area contributed by atoms with E-state index in [0.29, 0.717) is 23.2 Å². The van der Waals surface area contributed by atoms with E-state index in [-0.39, 0.29) is 5.92 Å². The van der Waals surface area contributed by atoms with Gasteiger partial charge in [-0.3, -0.25) is 4.79 Å². The Morgan fingerprint density at radius 1 is 1.41 bits per heavy atom. The molecule has 0 aromatic heterocycles. The van der Waals surface area contributed by atoms with Crippen LogP contribution in [-0.2, 0) is 16.1 Å². The van der Waals surface area contributed by atoms with Gasteiger partial charge in [-0.2, -0.15) is 0 Å². The Kier molecular flexibility index (Phi) is 3.93. The van der Waals surface area contributed by atoms with Crippen molar-refractivity contribution in [2.45, 2.75) is 38.8 Å². The summed E-state index contributed by atoms with van der Waals surface area (Å²) < 4.78 is 5.15. The predicted octanol–water partition coefficient (Wildman–Crippen LogP) is 0.196. The second-order valence-corrected chi connectivity index (χ2v) is 5.95. The number of nitrogens with one attached hydrogen (secondary N) is 1. The van der Waals surface area contributed by atoms with Crippen molar-refractivity contribution in [1.82, 2.24) is 5.32 Å². The fraction of sp³-hybridized carbons (Fsp3) is 0.467. The van der Waals surface area contributed by atoms with Gasteiger partial charge in [0.15, 0.2) is 0 Å². The number of hydrogen-bond acceptors (Lipinski definition) is 4. The zero-order chi connectivity index (χ0) is 15.9. The van der Waals surface area contributed by atoms with Crippen LogP contribution in [0.3, 0.4) is 0 Å². The molecule has 2 aliphatic rings. The third kappa shape index (κ3) is 2.50. The van der Waals surface area contributed by atoms with Crippen molar-refractivity contribution in [3.8, 4) is 0 Å². The number of hydrogen-bond donors (Lipinski definition) is 3. The van der Waals surface area contributed by atoms with Crippen LogP contribution in [0.15, 0.2) is 12.1 Å². The maximum absolute atomic E-state index is 12.4. The summed E-state index contributed by atoms with van der Waals surface area (Å²) in [5.41, 5.74) is 2.49. The number of aliphatic carboxylic acids is 1. The number of carbonyl (C=O) groups excluding carboxylic acids is 1. The molecule has 1 aliphatic carbocycles. The highest BCUT2D eigenvalue weighted by molar-refractivity contribution is 6.62. The largest absolute Gasteiger partial charge is 0.492 e. The van der Waals surface area contributed by atoms with E-state index >= 15 is 0 Å². The lowest BCUT2D eigenvalue weighted by Crippen LogP contribution is -2.48. The molecule has 0 spiro atoms. The lowest BCUT2D eigenvalue weighted by molar-refractivity contribution is -0.141. The van der Waals surface area contributed by atoms with Gasteiger partial charge in [0.05, 0.1) is 6.61 Å². The van der Waals surface area contributed by atoms with E-state index in [2.05, 4.69) is 5.32 Å². The van der Waals surface area contributed by atoms with Gasteiger partial charge in [-0.25, -0.2) is 4.79 Å². The normalized spacial score (nSPS) is 18.5. The Morgan fingerprint density at radius 3 is 2.73 bits per heavy atom. The van der Waals surface area contributed by atoms with Crippen LogP contribution >= 0.6 is 0 Å². The molecule has 1 aromatic carbocycles. The van der Waals surface area contributed by atoms with Crippen molar-refractivity contribution in [3.05, 3.63) is 28.8 Å². The number of rotatable bonds is 4. The number of benzene rings is 1. The van der Waals surface area contributed by atoms with Crippen molar-refractivity contribution in [2.75, 3.05) is 0 Å². The summed E-state index contributed by atoms with van der Waals surface area (Å²) in [4.78, 5) is 23.8. The fourth-order valence-electron chi connectivity index (χ4n) is 3.13. The minimum Gasteiger partial charge on any atom is -0.480 e. The molecule has 0 unspecified atom stereocenters.